The van der Waals surface area contributed by atoms with Crippen molar-refractivity contribution in [2.24, 2.45) is 0 Å². The van der Waals surface area contributed by atoms with Gasteiger partial charge in [0, 0.05) is 24.3 Å². The van der Waals surface area contributed by atoms with E-state index in [4.69, 9.17) is 19.3 Å². The lowest BCUT2D eigenvalue weighted by Crippen LogP contribution is -2.32. The summed E-state index contributed by atoms with van der Waals surface area (Å²) >= 11 is 0. The Morgan fingerprint density at radius 3 is 2.00 bits per heavy atom. The molecule has 1 aromatic carbocycles. The zero-order valence-electron chi connectivity index (χ0n) is 12.2. The third-order valence-electron chi connectivity index (χ3n) is 2.92. The molecule has 0 heterocycles. The molecule has 0 atom stereocenters. The SMILES string of the molecule is COc1cc(OC)c(OC)cc1NC(C)(C)CCO. The van der Waals surface area contributed by atoms with Crippen molar-refractivity contribution in [2.75, 3.05) is 33.3 Å². The quantitative estimate of drug-likeness (QED) is 0.795. The van der Waals surface area contributed by atoms with E-state index in [1.54, 1.807) is 27.4 Å². The highest BCUT2D eigenvalue weighted by molar-refractivity contribution is 5.65. The second kappa shape index (κ2) is 6.52. The molecule has 0 saturated heterocycles. The van der Waals surface area contributed by atoms with Crippen LogP contribution < -0.4 is 19.5 Å². The number of anilines is 1. The fourth-order valence-electron chi connectivity index (χ4n) is 1.83. The summed E-state index contributed by atoms with van der Waals surface area (Å²) in [6.07, 6.45) is 0.629. The Labute approximate surface area is 114 Å². The highest BCUT2D eigenvalue weighted by Gasteiger charge is 2.20. The number of hydrogen-bond donors (Lipinski definition) is 2. The molecule has 0 amide bonds. The summed E-state index contributed by atoms with van der Waals surface area (Å²) in [5.74, 6) is 1.92. The maximum absolute atomic E-state index is 9.07. The van der Waals surface area contributed by atoms with Gasteiger partial charge in [-0.05, 0) is 20.3 Å². The molecular weight excluding hydrogens is 246 g/mol. The van der Waals surface area contributed by atoms with E-state index in [9.17, 15) is 0 Å². The topological polar surface area (TPSA) is 60.0 Å². The summed E-state index contributed by atoms with van der Waals surface area (Å²) in [5.41, 5.74) is 0.556. The Bertz CT molecular complexity index is 418. The molecule has 0 saturated carbocycles. The van der Waals surface area contributed by atoms with Gasteiger partial charge in [-0.2, -0.15) is 0 Å². The van der Waals surface area contributed by atoms with Gasteiger partial charge in [0.15, 0.2) is 11.5 Å². The van der Waals surface area contributed by atoms with Crippen LogP contribution in [0, 0.1) is 0 Å². The Morgan fingerprint density at radius 2 is 1.53 bits per heavy atom. The molecule has 0 radical (unpaired) electrons. The van der Waals surface area contributed by atoms with Crippen molar-refractivity contribution in [1.82, 2.24) is 0 Å². The molecule has 2 N–H and O–H groups in total. The number of methoxy groups -OCH3 is 3. The minimum absolute atomic E-state index is 0.121. The lowest BCUT2D eigenvalue weighted by molar-refractivity contribution is 0.260. The van der Waals surface area contributed by atoms with E-state index in [-0.39, 0.29) is 12.1 Å². The zero-order chi connectivity index (χ0) is 14.5. The predicted molar refractivity (Wildman–Crippen MR) is 75.5 cm³/mol. The molecule has 0 bridgehead atoms. The summed E-state index contributed by atoms with van der Waals surface area (Å²) in [5, 5.41) is 12.4. The molecule has 0 aliphatic rings. The first-order valence-electron chi connectivity index (χ1n) is 6.16. The van der Waals surface area contributed by atoms with Crippen LogP contribution in [0.4, 0.5) is 5.69 Å². The summed E-state index contributed by atoms with van der Waals surface area (Å²) in [7, 11) is 4.78. The van der Waals surface area contributed by atoms with Crippen LogP contribution in [-0.2, 0) is 0 Å². The molecule has 0 aromatic heterocycles. The minimum atomic E-state index is -0.248. The van der Waals surface area contributed by atoms with Crippen molar-refractivity contribution in [3.8, 4) is 17.2 Å². The molecule has 0 unspecified atom stereocenters. The van der Waals surface area contributed by atoms with Gasteiger partial charge in [0.25, 0.3) is 0 Å². The lowest BCUT2D eigenvalue weighted by atomic mass is 10.0. The number of rotatable bonds is 7. The number of nitrogens with one attached hydrogen (secondary N) is 1. The second-order valence-electron chi connectivity index (χ2n) is 4.89. The average Bonchev–Trinajstić information content (AvgIpc) is 2.37. The van der Waals surface area contributed by atoms with E-state index in [1.807, 2.05) is 19.9 Å². The van der Waals surface area contributed by atoms with Crippen LogP contribution in [-0.4, -0.2) is 38.6 Å². The van der Waals surface area contributed by atoms with Crippen molar-refractivity contribution in [3.63, 3.8) is 0 Å². The third-order valence-corrected chi connectivity index (χ3v) is 2.92. The summed E-state index contributed by atoms with van der Waals surface area (Å²) in [6.45, 7) is 4.15. The largest absolute Gasteiger partial charge is 0.494 e. The van der Waals surface area contributed by atoms with Crippen LogP contribution in [0.5, 0.6) is 17.2 Å². The number of aliphatic hydroxyl groups is 1. The van der Waals surface area contributed by atoms with Crippen LogP contribution in [0.2, 0.25) is 0 Å². The van der Waals surface area contributed by atoms with E-state index in [1.165, 1.54) is 0 Å². The van der Waals surface area contributed by atoms with Crippen molar-refractivity contribution in [1.29, 1.82) is 0 Å². The summed E-state index contributed by atoms with van der Waals surface area (Å²) in [6, 6.07) is 3.60. The van der Waals surface area contributed by atoms with E-state index in [2.05, 4.69) is 5.32 Å². The summed E-state index contributed by atoms with van der Waals surface area (Å²) in [4.78, 5) is 0. The number of aliphatic hydroxyl groups excluding tert-OH is 1. The van der Waals surface area contributed by atoms with Gasteiger partial charge >= 0.3 is 0 Å². The first-order valence-corrected chi connectivity index (χ1v) is 6.16. The van der Waals surface area contributed by atoms with Gasteiger partial charge < -0.3 is 24.6 Å². The minimum Gasteiger partial charge on any atom is -0.494 e. The number of benzene rings is 1. The third kappa shape index (κ3) is 3.92. The Kier molecular flexibility index (Phi) is 5.30. The maximum Gasteiger partial charge on any atom is 0.164 e. The van der Waals surface area contributed by atoms with Crippen molar-refractivity contribution in [3.05, 3.63) is 12.1 Å². The van der Waals surface area contributed by atoms with Gasteiger partial charge in [-0.25, -0.2) is 0 Å². The van der Waals surface area contributed by atoms with Gasteiger partial charge in [-0.15, -0.1) is 0 Å². The normalized spacial score (nSPS) is 11.1. The zero-order valence-corrected chi connectivity index (χ0v) is 12.2. The van der Waals surface area contributed by atoms with E-state index in [0.717, 1.165) is 5.69 Å². The summed E-state index contributed by atoms with van der Waals surface area (Å²) < 4.78 is 15.9. The fourth-order valence-corrected chi connectivity index (χ4v) is 1.83. The fraction of sp³-hybridized carbons (Fsp3) is 0.571. The van der Waals surface area contributed by atoms with Crippen LogP contribution in [0.3, 0.4) is 0 Å². The van der Waals surface area contributed by atoms with Gasteiger partial charge in [-0.1, -0.05) is 0 Å². The molecule has 0 aliphatic heterocycles. The van der Waals surface area contributed by atoms with Gasteiger partial charge in [0.1, 0.15) is 5.75 Å². The Hall–Kier alpha value is -1.62. The smallest absolute Gasteiger partial charge is 0.164 e. The molecule has 0 aliphatic carbocycles. The molecule has 108 valence electrons. The predicted octanol–water partition coefficient (Wildman–Crippen LogP) is 2.29. The molecule has 19 heavy (non-hydrogen) atoms. The maximum atomic E-state index is 9.07. The van der Waals surface area contributed by atoms with Gasteiger partial charge in [0.2, 0.25) is 0 Å². The van der Waals surface area contributed by atoms with Crippen LogP contribution in [0.25, 0.3) is 0 Å². The average molecular weight is 269 g/mol. The van der Waals surface area contributed by atoms with Crippen molar-refractivity contribution < 1.29 is 19.3 Å². The highest BCUT2D eigenvalue weighted by atomic mass is 16.5. The highest BCUT2D eigenvalue weighted by Crippen LogP contribution is 2.39. The van der Waals surface area contributed by atoms with Crippen molar-refractivity contribution in [2.45, 2.75) is 25.8 Å². The number of hydrogen-bond acceptors (Lipinski definition) is 5. The first kappa shape index (κ1) is 15.4. The van der Waals surface area contributed by atoms with E-state index in [0.29, 0.717) is 23.7 Å². The standard InChI is InChI=1S/C14H23NO4/c1-14(2,6-7-16)15-10-8-12(18-4)13(19-5)9-11(10)17-3/h8-9,15-16H,6-7H2,1-5H3. The van der Waals surface area contributed by atoms with Gasteiger partial charge in [0.05, 0.1) is 27.0 Å². The Morgan fingerprint density at radius 1 is 1.00 bits per heavy atom. The van der Waals surface area contributed by atoms with Crippen LogP contribution in [0.15, 0.2) is 12.1 Å². The van der Waals surface area contributed by atoms with Crippen LogP contribution in [0.1, 0.15) is 20.3 Å². The first-order chi connectivity index (χ1) is 8.97. The van der Waals surface area contributed by atoms with Crippen molar-refractivity contribution >= 4 is 5.69 Å². The molecule has 1 rings (SSSR count). The monoisotopic (exact) mass is 269 g/mol. The molecular formula is C14H23NO4. The van der Waals surface area contributed by atoms with E-state index >= 15 is 0 Å². The Balaban J connectivity index is 3.11. The van der Waals surface area contributed by atoms with Crippen LogP contribution >= 0.6 is 0 Å². The molecule has 1 aromatic rings. The molecule has 0 spiro atoms. The van der Waals surface area contributed by atoms with E-state index < -0.39 is 0 Å². The molecule has 0 fully saturated rings. The molecule has 5 nitrogen and oxygen atoms in total. The lowest BCUT2D eigenvalue weighted by Gasteiger charge is -2.28. The molecule has 5 heteroatoms. The number of ether oxygens (including phenoxy) is 3. The van der Waals surface area contributed by atoms with Gasteiger partial charge in [-0.3, -0.25) is 0 Å². The second-order valence-corrected chi connectivity index (χ2v) is 4.89.